The predicted octanol–water partition coefficient (Wildman–Crippen LogP) is 2.98. The third-order valence-corrected chi connectivity index (χ3v) is 4.96. The molecule has 1 saturated heterocycles. The second kappa shape index (κ2) is 6.71. The number of rotatable bonds is 4. The van der Waals surface area contributed by atoms with Crippen LogP contribution in [0.4, 0.5) is 0 Å². The van der Waals surface area contributed by atoms with Crippen LogP contribution in [-0.4, -0.2) is 46.2 Å². The summed E-state index contributed by atoms with van der Waals surface area (Å²) in [6.07, 6.45) is 0.991. The quantitative estimate of drug-likeness (QED) is 0.880. The van der Waals surface area contributed by atoms with E-state index in [4.69, 9.17) is 4.74 Å². The highest BCUT2D eigenvalue weighted by atomic mass is 32.2. The van der Waals surface area contributed by atoms with Crippen molar-refractivity contribution in [2.45, 2.75) is 31.3 Å². The number of nitrogens with zero attached hydrogens (tertiary/aromatic N) is 2. The first-order valence-electron chi connectivity index (χ1n) is 7.67. The Morgan fingerprint density at radius 3 is 3.18 bits per heavy atom. The summed E-state index contributed by atoms with van der Waals surface area (Å²) in [6.45, 7) is 5.55. The number of ether oxygens (including phenoxy) is 1. The molecule has 118 valence electrons. The summed E-state index contributed by atoms with van der Waals surface area (Å²) in [5, 5.41) is 0. The van der Waals surface area contributed by atoms with Crippen LogP contribution in [0.15, 0.2) is 23.1 Å². The van der Waals surface area contributed by atoms with Gasteiger partial charge >= 0.3 is 0 Å². The first-order valence-corrected chi connectivity index (χ1v) is 8.65. The van der Waals surface area contributed by atoms with Gasteiger partial charge in [-0.3, -0.25) is 4.79 Å². The molecule has 0 aliphatic carbocycles. The van der Waals surface area contributed by atoms with Crippen molar-refractivity contribution < 1.29 is 9.53 Å². The lowest BCUT2D eigenvalue weighted by atomic mass is 10.2. The van der Waals surface area contributed by atoms with Gasteiger partial charge in [-0.05, 0) is 30.4 Å². The van der Waals surface area contributed by atoms with Crippen LogP contribution in [0, 0.1) is 0 Å². The van der Waals surface area contributed by atoms with Gasteiger partial charge in [-0.2, -0.15) is 0 Å². The molecule has 1 aliphatic heterocycles. The first-order chi connectivity index (χ1) is 10.7. The Kier molecular flexibility index (Phi) is 4.69. The van der Waals surface area contributed by atoms with Gasteiger partial charge in [0.1, 0.15) is 11.9 Å². The summed E-state index contributed by atoms with van der Waals surface area (Å²) >= 11 is 1.85. The maximum absolute atomic E-state index is 11.5. The third kappa shape index (κ3) is 3.28. The van der Waals surface area contributed by atoms with Crippen molar-refractivity contribution in [3.05, 3.63) is 24.0 Å². The molecule has 2 heterocycles. The van der Waals surface area contributed by atoms with E-state index in [0.717, 1.165) is 29.0 Å². The number of H-pyrrole nitrogens is 1. The molecule has 0 spiro atoms. The largest absolute Gasteiger partial charge is 0.367 e. The smallest absolute Gasteiger partial charge is 0.219 e. The molecule has 0 radical (unpaired) electrons. The Morgan fingerprint density at radius 1 is 1.55 bits per heavy atom. The molecular weight excluding hydrogens is 298 g/mol. The van der Waals surface area contributed by atoms with Gasteiger partial charge in [0.05, 0.1) is 24.2 Å². The average Bonchev–Trinajstić information content (AvgIpc) is 2.96. The van der Waals surface area contributed by atoms with Gasteiger partial charge in [0.15, 0.2) is 0 Å². The van der Waals surface area contributed by atoms with Crippen LogP contribution in [0.3, 0.4) is 0 Å². The molecule has 0 bridgehead atoms. The fourth-order valence-electron chi connectivity index (χ4n) is 2.57. The summed E-state index contributed by atoms with van der Waals surface area (Å²) < 4.78 is 5.78. The predicted molar refractivity (Wildman–Crippen MR) is 88.1 cm³/mol. The lowest BCUT2D eigenvalue weighted by molar-refractivity contribution is -0.136. The lowest BCUT2D eigenvalue weighted by Crippen LogP contribution is -2.41. The van der Waals surface area contributed by atoms with Crippen LogP contribution < -0.4 is 0 Å². The van der Waals surface area contributed by atoms with E-state index in [2.05, 4.69) is 29.0 Å². The molecule has 2 aromatic rings. The average molecular weight is 319 g/mol. The molecule has 1 aliphatic rings. The fourth-order valence-corrected chi connectivity index (χ4v) is 3.38. The Hall–Kier alpha value is -1.53. The number of aromatic nitrogens is 2. The molecule has 1 atom stereocenters. The number of fused-ring (bicyclic) bond motifs is 1. The van der Waals surface area contributed by atoms with Gasteiger partial charge in [0.25, 0.3) is 0 Å². The Bertz CT molecular complexity index is 670. The zero-order valence-corrected chi connectivity index (χ0v) is 13.8. The number of morpholine rings is 1. The van der Waals surface area contributed by atoms with Gasteiger partial charge in [0.2, 0.25) is 5.91 Å². The minimum atomic E-state index is -0.170. The van der Waals surface area contributed by atoms with Crippen molar-refractivity contribution in [3.63, 3.8) is 0 Å². The molecule has 3 rings (SSSR count). The summed E-state index contributed by atoms with van der Waals surface area (Å²) in [6, 6.07) is 6.29. The zero-order chi connectivity index (χ0) is 15.5. The highest BCUT2D eigenvalue weighted by Gasteiger charge is 2.25. The van der Waals surface area contributed by atoms with E-state index in [-0.39, 0.29) is 12.0 Å². The SMILES string of the molecule is CCCSc1ccc2nc(C3CN(C(C)=O)CCO3)[nH]c2c1. The molecule has 0 saturated carbocycles. The number of hydrogen-bond acceptors (Lipinski definition) is 4. The second-order valence-electron chi connectivity index (χ2n) is 5.47. The molecular formula is C16H21N3O2S. The van der Waals surface area contributed by atoms with E-state index in [1.54, 1.807) is 6.92 Å². The topological polar surface area (TPSA) is 58.2 Å². The van der Waals surface area contributed by atoms with E-state index in [1.807, 2.05) is 22.7 Å². The molecule has 22 heavy (non-hydrogen) atoms. The molecule has 1 fully saturated rings. The van der Waals surface area contributed by atoms with Crippen LogP contribution in [0.25, 0.3) is 11.0 Å². The monoisotopic (exact) mass is 319 g/mol. The third-order valence-electron chi connectivity index (χ3n) is 3.76. The van der Waals surface area contributed by atoms with Crippen molar-refractivity contribution in [2.24, 2.45) is 0 Å². The number of carbonyl (C=O) groups excluding carboxylic acids is 1. The summed E-state index contributed by atoms with van der Waals surface area (Å²) in [4.78, 5) is 22.6. The highest BCUT2D eigenvalue weighted by Crippen LogP contribution is 2.26. The minimum absolute atomic E-state index is 0.0858. The van der Waals surface area contributed by atoms with Crippen molar-refractivity contribution in [1.82, 2.24) is 14.9 Å². The van der Waals surface area contributed by atoms with Crippen molar-refractivity contribution >= 4 is 28.7 Å². The Morgan fingerprint density at radius 2 is 2.41 bits per heavy atom. The van der Waals surface area contributed by atoms with Gasteiger partial charge in [-0.25, -0.2) is 4.98 Å². The molecule has 1 aromatic heterocycles. The number of hydrogen-bond donors (Lipinski definition) is 1. The molecule has 6 heteroatoms. The lowest BCUT2D eigenvalue weighted by Gasteiger charge is -2.31. The number of nitrogens with one attached hydrogen (secondary N) is 1. The van der Waals surface area contributed by atoms with Crippen LogP contribution >= 0.6 is 11.8 Å². The minimum Gasteiger partial charge on any atom is -0.367 e. The number of benzene rings is 1. The number of carbonyl (C=O) groups is 1. The Balaban J connectivity index is 1.80. The van der Waals surface area contributed by atoms with Crippen molar-refractivity contribution in [2.75, 3.05) is 25.4 Å². The first kappa shape index (κ1) is 15.4. The summed E-state index contributed by atoms with van der Waals surface area (Å²) in [5.41, 5.74) is 1.97. The maximum atomic E-state index is 11.5. The number of amides is 1. The van der Waals surface area contributed by atoms with Crippen LogP contribution in [-0.2, 0) is 9.53 Å². The Labute approximate surface area is 134 Å². The van der Waals surface area contributed by atoms with E-state index in [9.17, 15) is 4.79 Å². The van der Waals surface area contributed by atoms with Gasteiger partial charge in [-0.1, -0.05) is 6.92 Å². The molecule has 1 N–H and O–H groups in total. The standard InChI is InChI=1S/C16H21N3O2S/c1-3-8-22-12-4-5-13-14(9-12)18-16(17-13)15-10-19(11(2)20)6-7-21-15/h4-5,9,15H,3,6-8,10H2,1-2H3,(H,17,18). The molecule has 1 amide bonds. The number of imidazole rings is 1. The van der Waals surface area contributed by atoms with E-state index < -0.39 is 0 Å². The summed E-state index contributed by atoms with van der Waals surface area (Å²) in [7, 11) is 0. The van der Waals surface area contributed by atoms with Crippen LogP contribution in [0.2, 0.25) is 0 Å². The highest BCUT2D eigenvalue weighted by molar-refractivity contribution is 7.99. The van der Waals surface area contributed by atoms with E-state index in [0.29, 0.717) is 19.7 Å². The molecule has 5 nitrogen and oxygen atoms in total. The second-order valence-corrected chi connectivity index (χ2v) is 6.64. The zero-order valence-electron chi connectivity index (χ0n) is 13.0. The van der Waals surface area contributed by atoms with Gasteiger partial charge < -0.3 is 14.6 Å². The van der Waals surface area contributed by atoms with E-state index in [1.165, 1.54) is 4.90 Å². The van der Waals surface area contributed by atoms with Crippen molar-refractivity contribution in [1.29, 1.82) is 0 Å². The van der Waals surface area contributed by atoms with E-state index >= 15 is 0 Å². The van der Waals surface area contributed by atoms with Crippen LogP contribution in [0.1, 0.15) is 32.2 Å². The number of thioether (sulfide) groups is 1. The normalized spacial score (nSPS) is 18.8. The molecule has 1 unspecified atom stereocenters. The maximum Gasteiger partial charge on any atom is 0.219 e. The van der Waals surface area contributed by atoms with Gasteiger partial charge in [-0.15, -0.1) is 11.8 Å². The van der Waals surface area contributed by atoms with Crippen LogP contribution in [0.5, 0.6) is 0 Å². The summed E-state index contributed by atoms with van der Waals surface area (Å²) in [5.74, 6) is 2.01. The fraction of sp³-hybridized carbons (Fsp3) is 0.500. The van der Waals surface area contributed by atoms with Crippen molar-refractivity contribution in [3.8, 4) is 0 Å². The van der Waals surface area contributed by atoms with Gasteiger partial charge in [0, 0.05) is 18.4 Å². The number of aromatic amines is 1. The molecule has 1 aromatic carbocycles.